The maximum Gasteiger partial charge on any atom is 0.273 e. The number of ether oxygens (including phenoxy) is 2. The van der Waals surface area contributed by atoms with Gasteiger partial charge in [-0.1, -0.05) is 0 Å². The first kappa shape index (κ1) is 14.7. The van der Waals surface area contributed by atoms with E-state index in [4.69, 9.17) is 9.47 Å². The largest absolute Gasteiger partial charge is 0.496 e. The van der Waals surface area contributed by atoms with Gasteiger partial charge in [0.15, 0.2) is 0 Å². The zero-order valence-electron chi connectivity index (χ0n) is 11.6. The SMILES string of the molecule is COc1cc(COCC2CCCNC2)cc([N+](=O)[O-])c1. The van der Waals surface area contributed by atoms with E-state index in [-0.39, 0.29) is 5.69 Å². The van der Waals surface area contributed by atoms with Crippen LogP contribution in [0.5, 0.6) is 5.75 Å². The fourth-order valence-corrected chi connectivity index (χ4v) is 2.36. The predicted molar refractivity (Wildman–Crippen MR) is 74.9 cm³/mol. The molecule has 1 saturated heterocycles. The van der Waals surface area contributed by atoms with Crippen molar-refractivity contribution in [2.24, 2.45) is 5.92 Å². The molecule has 6 nitrogen and oxygen atoms in total. The predicted octanol–water partition coefficient (Wildman–Crippen LogP) is 2.12. The summed E-state index contributed by atoms with van der Waals surface area (Å²) in [7, 11) is 1.50. The summed E-state index contributed by atoms with van der Waals surface area (Å²) in [6.45, 7) is 3.11. The molecule has 0 radical (unpaired) electrons. The van der Waals surface area contributed by atoms with Gasteiger partial charge in [-0.05, 0) is 36.9 Å². The standard InChI is InChI=1S/C14H20N2O4/c1-19-14-6-12(5-13(7-14)16(17)18)10-20-9-11-3-2-4-15-8-11/h5-7,11,15H,2-4,8-10H2,1H3. The summed E-state index contributed by atoms with van der Waals surface area (Å²) in [5.41, 5.74) is 0.794. The molecule has 0 saturated carbocycles. The van der Waals surface area contributed by atoms with Crippen molar-refractivity contribution in [1.82, 2.24) is 5.32 Å². The summed E-state index contributed by atoms with van der Waals surface area (Å²) in [5.74, 6) is 1.02. The highest BCUT2D eigenvalue weighted by Gasteiger charge is 2.14. The smallest absolute Gasteiger partial charge is 0.273 e. The van der Waals surface area contributed by atoms with Gasteiger partial charge >= 0.3 is 0 Å². The molecule has 0 aliphatic carbocycles. The molecule has 1 atom stereocenters. The molecule has 0 aromatic heterocycles. The van der Waals surface area contributed by atoms with Gasteiger partial charge in [0.25, 0.3) is 5.69 Å². The molecule has 0 amide bonds. The molecule has 20 heavy (non-hydrogen) atoms. The third-order valence-corrected chi connectivity index (χ3v) is 3.42. The van der Waals surface area contributed by atoms with Gasteiger partial charge in [0.1, 0.15) is 5.75 Å². The number of rotatable bonds is 6. The van der Waals surface area contributed by atoms with Crippen molar-refractivity contribution in [3.63, 3.8) is 0 Å². The van der Waals surface area contributed by atoms with Crippen molar-refractivity contribution in [2.45, 2.75) is 19.4 Å². The number of methoxy groups -OCH3 is 1. The van der Waals surface area contributed by atoms with Crippen LogP contribution in [0.2, 0.25) is 0 Å². The zero-order valence-corrected chi connectivity index (χ0v) is 11.6. The molecule has 1 aromatic rings. The van der Waals surface area contributed by atoms with E-state index in [1.165, 1.54) is 32.1 Å². The highest BCUT2D eigenvalue weighted by atomic mass is 16.6. The second-order valence-electron chi connectivity index (χ2n) is 5.02. The van der Waals surface area contributed by atoms with Crippen molar-refractivity contribution in [3.05, 3.63) is 33.9 Å². The summed E-state index contributed by atoms with van der Waals surface area (Å²) < 4.78 is 10.7. The Labute approximate surface area is 118 Å². The molecule has 110 valence electrons. The van der Waals surface area contributed by atoms with Crippen LogP contribution < -0.4 is 10.1 Å². The van der Waals surface area contributed by atoms with Gasteiger partial charge in [-0.2, -0.15) is 0 Å². The summed E-state index contributed by atoms with van der Waals surface area (Å²) in [4.78, 5) is 10.4. The zero-order chi connectivity index (χ0) is 14.4. The van der Waals surface area contributed by atoms with Gasteiger partial charge in [0.05, 0.1) is 31.3 Å². The van der Waals surface area contributed by atoms with Crippen LogP contribution in [0.4, 0.5) is 5.69 Å². The minimum Gasteiger partial charge on any atom is -0.496 e. The Hall–Kier alpha value is -1.66. The lowest BCUT2D eigenvalue weighted by atomic mass is 10.0. The Morgan fingerprint density at radius 2 is 2.30 bits per heavy atom. The monoisotopic (exact) mass is 280 g/mol. The van der Waals surface area contributed by atoms with E-state index in [0.717, 1.165) is 18.7 Å². The second-order valence-corrected chi connectivity index (χ2v) is 5.02. The summed E-state index contributed by atoms with van der Waals surface area (Å²) in [6.07, 6.45) is 2.35. The fourth-order valence-electron chi connectivity index (χ4n) is 2.36. The minimum atomic E-state index is -0.420. The number of piperidine rings is 1. The van der Waals surface area contributed by atoms with Crippen LogP contribution >= 0.6 is 0 Å². The van der Waals surface area contributed by atoms with Crippen molar-refractivity contribution < 1.29 is 14.4 Å². The Kier molecular flexibility index (Phi) is 5.31. The van der Waals surface area contributed by atoms with E-state index in [2.05, 4.69) is 5.32 Å². The van der Waals surface area contributed by atoms with Gasteiger partial charge in [0.2, 0.25) is 0 Å². The molecule has 0 spiro atoms. The molecular formula is C14H20N2O4. The van der Waals surface area contributed by atoms with Gasteiger partial charge in [-0.25, -0.2) is 0 Å². The van der Waals surface area contributed by atoms with E-state index < -0.39 is 4.92 Å². The third-order valence-electron chi connectivity index (χ3n) is 3.42. The van der Waals surface area contributed by atoms with Gasteiger partial charge in [-0.3, -0.25) is 10.1 Å². The number of nitrogens with one attached hydrogen (secondary N) is 1. The summed E-state index contributed by atoms with van der Waals surface area (Å²) in [5, 5.41) is 14.2. The first-order chi connectivity index (χ1) is 9.69. The fraction of sp³-hybridized carbons (Fsp3) is 0.571. The molecule has 2 rings (SSSR count). The molecule has 1 N–H and O–H groups in total. The van der Waals surface area contributed by atoms with E-state index >= 15 is 0 Å². The number of benzene rings is 1. The lowest BCUT2D eigenvalue weighted by Gasteiger charge is -2.22. The van der Waals surface area contributed by atoms with Crippen molar-refractivity contribution >= 4 is 5.69 Å². The first-order valence-electron chi connectivity index (χ1n) is 6.80. The quantitative estimate of drug-likeness (QED) is 0.638. The first-order valence-corrected chi connectivity index (χ1v) is 6.80. The lowest BCUT2D eigenvalue weighted by Crippen LogP contribution is -2.32. The van der Waals surface area contributed by atoms with Crippen LogP contribution in [-0.2, 0) is 11.3 Å². The van der Waals surface area contributed by atoms with E-state index in [1.807, 2.05) is 0 Å². The molecule has 1 aliphatic heterocycles. The molecule has 1 fully saturated rings. The molecule has 1 aromatic carbocycles. The number of nitro groups is 1. The average molecular weight is 280 g/mol. The van der Waals surface area contributed by atoms with Gasteiger partial charge < -0.3 is 14.8 Å². The Bertz CT molecular complexity index is 458. The van der Waals surface area contributed by atoms with Crippen LogP contribution in [-0.4, -0.2) is 31.7 Å². The number of non-ortho nitro benzene ring substituents is 1. The maximum atomic E-state index is 10.8. The Morgan fingerprint density at radius 1 is 1.45 bits per heavy atom. The molecule has 1 unspecified atom stereocenters. The van der Waals surface area contributed by atoms with Crippen LogP contribution in [0.1, 0.15) is 18.4 Å². The Morgan fingerprint density at radius 3 is 2.95 bits per heavy atom. The highest BCUT2D eigenvalue weighted by molar-refractivity contribution is 5.42. The second kappa shape index (κ2) is 7.21. The summed E-state index contributed by atoms with van der Waals surface area (Å²) >= 11 is 0. The minimum absolute atomic E-state index is 0.0299. The highest BCUT2D eigenvalue weighted by Crippen LogP contribution is 2.23. The Balaban J connectivity index is 1.91. The number of nitro benzene ring substituents is 1. The number of nitrogens with zero attached hydrogens (tertiary/aromatic N) is 1. The van der Waals surface area contributed by atoms with Gasteiger partial charge in [0, 0.05) is 12.6 Å². The summed E-state index contributed by atoms with van der Waals surface area (Å²) in [6, 6.07) is 4.71. The topological polar surface area (TPSA) is 73.6 Å². The lowest BCUT2D eigenvalue weighted by molar-refractivity contribution is -0.385. The number of hydrogen-bond donors (Lipinski definition) is 1. The molecule has 1 aliphatic rings. The van der Waals surface area contributed by atoms with Crippen molar-refractivity contribution in [3.8, 4) is 5.75 Å². The van der Waals surface area contributed by atoms with Gasteiger partial charge in [-0.15, -0.1) is 0 Å². The van der Waals surface area contributed by atoms with Crippen LogP contribution in [0, 0.1) is 16.0 Å². The third kappa shape index (κ3) is 4.18. The van der Waals surface area contributed by atoms with Crippen LogP contribution in [0.3, 0.4) is 0 Å². The van der Waals surface area contributed by atoms with E-state index in [9.17, 15) is 10.1 Å². The normalized spacial score (nSPS) is 18.8. The van der Waals surface area contributed by atoms with Crippen molar-refractivity contribution in [2.75, 3.05) is 26.8 Å². The van der Waals surface area contributed by atoms with Crippen LogP contribution in [0.25, 0.3) is 0 Å². The molecule has 6 heteroatoms. The molecule has 0 bridgehead atoms. The van der Waals surface area contributed by atoms with Crippen LogP contribution in [0.15, 0.2) is 18.2 Å². The number of hydrogen-bond acceptors (Lipinski definition) is 5. The van der Waals surface area contributed by atoms with E-state index in [1.54, 1.807) is 6.07 Å². The van der Waals surface area contributed by atoms with Crippen molar-refractivity contribution in [1.29, 1.82) is 0 Å². The average Bonchev–Trinajstić information content (AvgIpc) is 2.48. The van der Waals surface area contributed by atoms with E-state index in [0.29, 0.717) is 24.9 Å². The molecule has 1 heterocycles. The molecular weight excluding hydrogens is 260 g/mol. The maximum absolute atomic E-state index is 10.8.